The van der Waals surface area contributed by atoms with Crippen molar-refractivity contribution >= 4 is 34.6 Å². The number of aromatic nitrogens is 6. The minimum absolute atomic E-state index is 0.0834. The lowest BCUT2D eigenvalue weighted by atomic mass is 10.1. The van der Waals surface area contributed by atoms with Gasteiger partial charge >= 0.3 is 5.69 Å². The number of ether oxygens (including phenoxy) is 3. The lowest BCUT2D eigenvalue weighted by molar-refractivity contribution is -0.190. The SMILES string of the molecule is [2H]c1c(N2CCN(c3ccc(OC[C@H]4CO[C@](Cn5cncn5)(c5ccc(Cl)cc5Cl)O4)cc3)CC2[2H])ccc(-n2cnn(C([2H])(C)C([2H])([2H])C([2H])([2H])O)c2=O)c1[2H]. The first-order valence-electron chi connectivity index (χ1n) is 19.7. The Balaban J connectivity index is 0.983. The van der Waals surface area contributed by atoms with E-state index < -0.39 is 43.1 Å². The quantitative estimate of drug-likeness (QED) is 0.196. The van der Waals surface area contributed by atoms with Gasteiger partial charge in [-0.1, -0.05) is 29.3 Å². The molecule has 2 fully saturated rings. The van der Waals surface area contributed by atoms with Gasteiger partial charge in [0.1, 0.15) is 44.0 Å². The van der Waals surface area contributed by atoms with Gasteiger partial charge in [-0.25, -0.2) is 23.7 Å². The van der Waals surface area contributed by atoms with Crippen LogP contribution < -0.4 is 20.2 Å². The van der Waals surface area contributed by atoms with E-state index in [0.29, 0.717) is 44.8 Å². The Labute approximate surface area is 310 Å². The molecule has 50 heavy (non-hydrogen) atoms. The van der Waals surface area contributed by atoms with Crippen LogP contribution in [0.4, 0.5) is 11.4 Å². The summed E-state index contributed by atoms with van der Waals surface area (Å²) in [5.74, 6) is -0.649. The molecule has 1 N–H and O–H groups in total. The summed E-state index contributed by atoms with van der Waals surface area (Å²) in [5.41, 5.74) is 0.597. The van der Waals surface area contributed by atoms with Crippen molar-refractivity contribution in [3.05, 3.63) is 112 Å². The molecule has 0 spiro atoms. The highest BCUT2D eigenvalue weighted by Gasteiger charge is 2.45. The van der Waals surface area contributed by atoms with Crippen molar-refractivity contribution in [2.75, 3.05) is 55.7 Å². The normalized spacial score (nSPS) is 25.0. The summed E-state index contributed by atoms with van der Waals surface area (Å²) in [5, 5.41) is 18.6. The Bertz CT molecular complexity index is 2330. The smallest absolute Gasteiger partial charge is 0.350 e. The molecule has 0 radical (unpaired) electrons. The average Bonchev–Trinajstić information content (AvgIpc) is 3.93. The van der Waals surface area contributed by atoms with Crippen molar-refractivity contribution in [2.24, 2.45) is 0 Å². The molecule has 2 aromatic heterocycles. The van der Waals surface area contributed by atoms with Crippen molar-refractivity contribution in [3.63, 3.8) is 0 Å². The van der Waals surface area contributed by atoms with Crippen LogP contribution in [0.15, 0.2) is 90.5 Å². The molecule has 2 saturated heterocycles. The predicted octanol–water partition coefficient (Wildman–Crippen LogP) is 4.55. The second-order valence-corrected chi connectivity index (χ2v) is 12.4. The topological polar surface area (TPSA) is 125 Å². The van der Waals surface area contributed by atoms with E-state index in [4.69, 9.17) is 48.4 Å². The number of benzene rings is 3. The van der Waals surface area contributed by atoms with Gasteiger partial charge in [-0.15, -0.1) is 0 Å². The molecule has 4 heterocycles. The molecule has 2 aliphatic heterocycles. The Kier molecular flexibility index (Phi) is 7.58. The minimum atomic E-state index is -3.48. The molecule has 0 amide bonds. The monoisotopic (exact) mass is 728 g/mol. The maximum atomic E-state index is 13.3. The molecule has 4 atom stereocenters. The van der Waals surface area contributed by atoms with Gasteiger partial charge in [-0.2, -0.15) is 10.2 Å². The molecule has 2 unspecified atom stereocenters. The highest BCUT2D eigenvalue weighted by Crippen LogP contribution is 2.40. The zero-order valence-corrected chi connectivity index (χ0v) is 28.3. The summed E-state index contributed by atoms with van der Waals surface area (Å²) >= 11 is 12.7. The summed E-state index contributed by atoms with van der Waals surface area (Å²) in [6.07, 6.45) is 0.215. The van der Waals surface area contributed by atoms with E-state index in [1.54, 1.807) is 34.1 Å². The number of hydrogen-bond donors (Lipinski definition) is 1. The average molecular weight is 730 g/mol. The van der Waals surface area contributed by atoms with Gasteiger partial charge in [0, 0.05) is 57.4 Å². The molecule has 0 bridgehead atoms. The van der Waals surface area contributed by atoms with Crippen LogP contribution in [0.5, 0.6) is 5.75 Å². The highest BCUT2D eigenvalue weighted by atomic mass is 35.5. The molecular formula is C35H38Cl2N8O5. The van der Waals surface area contributed by atoms with Crippen LogP contribution in [-0.4, -0.2) is 86.3 Å². The Morgan fingerprint density at radius 3 is 2.62 bits per heavy atom. The van der Waals surface area contributed by atoms with Crippen LogP contribution in [-0.2, 0) is 21.8 Å². The standard InChI is InChI=1S/C35H38Cl2N8O5/c1-25(12-17-46)45-34(47)44(24-40-45)29-5-3-27(4-6-29)41-13-15-42(16-14-41)28-7-9-30(10-8-28)48-19-31-20-49-35(50-31,21-43-23-38-22-39-43)32-11-2-26(36)18-33(32)37/h2-11,18,22-25,31,46H,12-17,19-21H2,1H3/t25?,31-,35-/m0/s1/i3D,5D,12D2,13D,17D2,25D/t13?,25?,31-,35-. The van der Waals surface area contributed by atoms with Crippen molar-refractivity contribution in [3.8, 4) is 11.4 Å². The van der Waals surface area contributed by atoms with Crippen molar-refractivity contribution in [1.29, 1.82) is 0 Å². The number of anilines is 2. The summed E-state index contributed by atoms with van der Waals surface area (Å²) in [4.78, 5) is 21.0. The van der Waals surface area contributed by atoms with Crippen molar-refractivity contribution in [2.45, 2.75) is 37.8 Å². The van der Waals surface area contributed by atoms with Gasteiger partial charge in [-0.05, 0) is 73.9 Å². The maximum absolute atomic E-state index is 13.3. The summed E-state index contributed by atoms with van der Waals surface area (Å²) in [6.45, 7) is -1.69. The van der Waals surface area contributed by atoms with Crippen LogP contribution in [0, 0.1) is 0 Å². The van der Waals surface area contributed by atoms with Crippen LogP contribution in [0.1, 0.15) is 35.8 Å². The second kappa shape index (κ2) is 14.8. The number of nitrogens with zero attached hydrogens (tertiary/aromatic N) is 8. The zero-order valence-electron chi connectivity index (χ0n) is 34.7. The highest BCUT2D eigenvalue weighted by molar-refractivity contribution is 6.35. The van der Waals surface area contributed by atoms with E-state index in [1.165, 1.54) is 18.5 Å². The first-order chi connectivity index (χ1) is 27.3. The van der Waals surface area contributed by atoms with E-state index in [2.05, 4.69) is 15.2 Å². The Morgan fingerprint density at radius 2 is 1.86 bits per heavy atom. The Morgan fingerprint density at radius 1 is 1.08 bits per heavy atom. The van der Waals surface area contributed by atoms with Gasteiger partial charge in [-0.3, -0.25) is 0 Å². The largest absolute Gasteiger partial charge is 0.491 e. The summed E-state index contributed by atoms with van der Waals surface area (Å²) < 4.78 is 87.2. The molecular weight excluding hydrogens is 683 g/mol. The molecule has 15 heteroatoms. The summed E-state index contributed by atoms with van der Waals surface area (Å²) in [6, 6.07) is 12.1. The van der Waals surface area contributed by atoms with Crippen LogP contribution >= 0.6 is 23.2 Å². The fraction of sp³-hybridized carbons (Fsp3) is 0.371. The molecule has 3 aromatic carbocycles. The van der Waals surface area contributed by atoms with Crippen LogP contribution in [0.25, 0.3) is 5.69 Å². The zero-order chi connectivity index (χ0) is 41.8. The molecule has 5 aromatic rings. The van der Waals surface area contributed by atoms with E-state index in [-0.39, 0.29) is 44.1 Å². The number of rotatable bonds is 12. The van der Waals surface area contributed by atoms with Crippen molar-refractivity contribution in [1.82, 2.24) is 29.1 Å². The van der Waals surface area contributed by atoms with Gasteiger partial charge in [0.15, 0.2) is 0 Å². The number of hydrogen-bond acceptors (Lipinski definition) is 10. The van der Waals surface area contributed by atoms with Crippen LogP contribution in [0.3, 0.4) is 0 Å². The molecule has 0 aliphatic carbocycles. The number of halogens is 2. The Hall–Kier alpha value is -4.40. The maximum Gasteiger partial charge on any atom is 0.350 e. The van der Waals surface area contributed by atoms with Gasteiger partial charge < -0.3 is 29.1 Å². The third kappa shape index (κ3) is 7.23. The van der Waals surface area contributed by atoms with Gasteiger partial charge in [0.2, 0.25) is 5.79 Å². The number of piperazine rings is 1. The second-order valence-electron chi connectivity index (χ2n) is 11.5. The first kappa shape index (κ1) is 25.5. The lowest BCUT2D eigenvalue weighted by Crippen LogP contribution is -2.46. The van der Waals surface area contributed by atoms with E-state index in [1.807, 2.05) is 29.2 Å². The van der Waals surface area contributed by atoms with Gasteiger partial charge in [0.25, 0.3) is 0 Å². The third-order valence-electron chi connectivity index (χ3n) is 8.32. The fourth-order valence-electron chi connectivity index (χ4n) is 5.80. The lowest BCUT2D eigenvalue weighted by Gasteiger charge is -2.37. The van der Waals surface area contributed by atoms with Crippen molar-refractivity contribution < 1.29 is 30.3 Å². The third-order valence-corrected chi connectivity index (χ3v) is 8.87. The molecule has 7 rings (SSSR count). The first-order valence-corrected chi connectivity index (χ1v) is 16.3. The molecule has 2 aliphatic rings. The van der Waals surface area contributed by atoms with Gasteiger partial charge in [0.05, 0.1) is 31.6 Å². The van der Waals surface area contributed by atoms with E-state index in [9.17, 15) is 9.90 Å². The minimum Gasteiger partial charge on any atom is -0.491 e. The molecule has 0 saturated carbocycles. The van der Waals surface area contributed by atoms with E-state index >= 15 is 0 Å². The predicted molar refractivity (Wildman–Crippen MR) is 190 cm³/mol. The summed E-state index contributed by atoms with van der Waals surface area (Å²) in [7, 11) is 0. The fourth-order valence-corrected chi connectivity index (χ4v) is 6.35. The molecule has 262 valence electrons. The van der Waals surface area contributed by atoms with Crippen LogP contribution in [0.2, 0.25) is 10.0 Å². The number of aliphatic hydroxyl groups is 1. The molecule has 13 nitrogen and oxygen atoms in total. The van der Waals surface area contributed by atoms with E-state index in [0.717, 1.165) is 23.5 Å².